The minimum Gasteiger partial charge on any atom is -0.384 e. The van der Waals surface area contributed by atoms with E-state index >= 15 is 0 Å². The highest BCUT2D eigenvalue weighted by Gasteiger charge is 2.18. The predicted molar refractivity (Wildman–Crippen MR) is 78.0 cm³/mol. The van der Waals surface area contributed by atoms with Crippen LogP contribution in [0, 0.1) is 0 Å². The molecule has 2 N–H and O–H groups in total. The van der Waals surface area contributed by atoms with Crippen molar-refractivity contribution in [2.45, 2.75) is 45.1 Å². The van der Waals surface area contributed by atoms with Gasteiger partial charge in [-0.3, -0.25) is 0 Å². The molecule has 1 aliphatic rings. The maximum atomic E-state index is 6.20. The van der Waals surface area contributed by atoms with Gasteiger partial charge in [0.15, 0.2) is 0 Å². The van der Waals surface area contributed by atoms with Crippen molar-refractivity contribution in [3.63, 3.8) is 0 Å². The number of aryl methyl sites for hydroxylation is 3. The summed E-state index contributed by atoms with van der Waals surface area (Å²) in [6, 6.07) is 10.6. The van der Waals surface area contributed by atoms with E-state index in [0.717, 1.165) is 38.0 Å². The van der Waals surface area contributed by atoms with Gasteiger partial charge in [-0.25, -0.2) is 4.68 Å². The molecule has 1 aromatic heterocycles. The topological polar surface area (TPSA) is 43.8 Å². The lowest BCUT2D eigenvalue weighted by Gasteiger charge is -2.08. The maximum Gasteiger partial charge on any atom is 0.125 e. The van der Waals surface area contributed by atoms with Crippen molar-refractivity contribution >= 4 is 5.82 Å². The molecule has 0 saturated heterocycles. The number of anilines is 1. The second-order valence-electron chi connectivity index (χ2n) is 5.33. The average molecular weight is 255 g/mol. The highest BCUT2D eigenvalue weighted by molar-refractivity contribution is 5.44. The van der Waals surface area contributed by atoms with Crippen molar-refractivity contribution in [3.8, 4) is 0 Å². The van der Waals surface area contributed by atoms with Gasteiger partial charge in [0.1, 0.15) is 5.82 Å². The summed E-state index contributed by atoms with van der Waals surface area (Å²) >= 11 is 0. The van der Waals surface area contributed by atoms with E-state index in [4.69, 9.17) is 5.73 Å². The van der Waals surface area contributed by atoms with E-state index in [1.54, 1.807) is 0 Å². The second kappa shape index (κ2) is 5.47. The molecule has 1 aromatic carbocycles. The van der Waals surface area contributed by atoms with Gasteiger partial charge >= 0.3 is 0 Å². The monoisotopic (exact) mass is 255 g/mol. The molecule has 3 nitrogen and oxygen atoms in total. The van der Waals surface area contributed by atoms with E-state index < -0.39 is 0 Å². The van der Waals surface area contributed by atoms with Gasteiger partial charge in [0.2, 0.25) is 0 Å². The first-order chi connectivity index (χ1) is 9.34. The largest absolute Gasteiger partial charge is 0.384 e. The van der Waals surface area contributed by atoms with Crippen LogP contribution in [-0.4, -0.2) is 9.78 Å². The van der Waals surface area contributed by atoms with Crippen molar-refractivity contribution in [1.29, 1.82) is 0 Å². The minimum absolute atomic E-state index is 0.905. The van der Waals surface area contributed by atoms with Crippen LogP contribution < -0.4 is 5.73 Å². The molecule has 2 aromatic rings. The molecule has 0 bridgehead atoms. The third-order valence-electron chi connectivity index (χ3n) is 3.95. The summed E-state index contributed by atoms with van der Waals surface area (Å²) in [7, 11) is 0. The summed E-state index contributed by atoms with van der Waals surface area (Å²) in [4.78, 5) is 0. The lowest BCUT2D eigenvalue weighted by atomic mass is 9.98. The van der Waals surface area contributed by atoms with Gasteiger partial charge in [-0.1, -0.05) is 30.3 Å². The Balaban J connectivity index is 1.63. The quantitative estimate of drug-likeness (QED) is 0.912. The Labute approximate surface area is 114 Å². The molecule has 0 atom stereocenters. The van der Waals surface area contributed by atoms with Crippen LogP contribution in [0.1, 0.15) is 36.1 Å². The Bertz CT molecular complexity index is 543. The van der Waals surface area contributed by atoms with E-state index in [-0.39, 0.29) is 0 Å². The zero-order valence-electron chi connectivity index (χ0n) is 11.3. The minimum atomic E-state index is 0.905. The van der Waals surface area contributed by atoms with Gasteiger partial charge in [-0.05, 0) is 44.1 Å². The second-order valence-corrected chi connectivity index (χ2v) is 5.33. The first-order valence-electron chi connectivity index (χ1n) is 7.22. The zero-order valence-corrected chi connectivity index (χ0v) is 11.3. The van der Waals surface area contributed by atoms with Gasteiger partial charge in [0.05, 0.1) is 5.69 Å². The number of rotatable bonds is 4. The number of hydrogen-bond acceptors (Lipinski definition) is 2. The first kappa shape index (κ1) is 12.3. The van der Waals surface area contributed by atoms with E-state index in [1.807, 2.05) is 4.68 Å². The Morgan fingerprint density at radius 1 is 1.11 bits per heavy atom. The van der Waals surface area contributed by atoms with Crippen molar-refractivity contribution in [1.82, 2.24) is 9.78 Å². The highest BCUT2D eigenvalue weighted by atomic mass is 15.3. The first-order valence-corrected chi connectivity index (χ1v) is 7.22. The lowest BCUT2D eigenvalue weighted by Crippen LogP contribution is -2.06. The smallest absolute Gasteiger partial charge is 0.125 e. The summed E-state index contributed by atoms with van der Waals surface area (Å²) in [5, 5.41) is 4.67. The third-order valence-corrected chi connectivity index (χ3v) is 3.95. The van der Waals surface area contributed by atoms with Crippen molar-refractivity contribution < 1.29 is 0 Å². The molecule has 0 saturated carbocycles. The van der Waals surface area contributed by atoms with Gasteiger partial charge < -0.3 is 5.73 Å². The number of benzene rings is 1. The third kappa shape index (κ3) is 2.65. The van der Waals surface area contributed by atoms with Crippen LogP contribution in [0.4, 0.5) is 5.82 Å². The van der Waals surface area contributed by atoms with Gasteiger partial charge in [0, 0.05) is 12.1 Å². The highest BCUT2D eigenvalue weighted by Crippen LogP contribution is 2.25. The summed E-state index contributed by atoms with van der Waals surface area (Å²) < 4.78 is 2.01. The predicted octanol–water partition coefficient (Wildman–Crippen LogP) is 2.98. The Morgan fingerprint density at radius 3 is 2.68 bits per heavy atom. The van der Waals surface area contributed by atoms with Crippen LogP contribution in [0.3, 0.4) is 0 Å². The molecule has 3 heteroatoms. The number of fused-ring (bicyclic) bond motifs is 1. The average Bonchev–Trinajstić information content (AvgIpc) is 2.78. The molecule has 0 radical (unpaired) electrons. The number of nitrogen functional groups attached to an aromatic ring is 1. The lowest BCUT2D eigenvalue weighted by molar-refractivity contribution is 0.575. The number of hydrogen-bond donors (Lipinski definition) is 1. The van der Waals surface area contributed by atoms with E-state index in [0.29, 0.717) is 0 Å². The van der Waals surface area contributed by atoms with Crippen LogP contribution in [0.2, 0.25) is 0 Å². The summed E-state index contributed by atoms with van der Waals surface area (Å²) in [5.41, 5.74) is 10.1. The molecule has 0 aliphatic heterocycles. The van der Waals surface area contributed by atoms with Crippen LogP contribution in [-0.2, 0) is 25.8 Å². The Morgan fingerprint density at radius 2 is 1.89 bits per heavy atom. The fourth-order valence-electron chi connectivity index (χ4n) is 2.88. The summed E-state index contributed by atoms with van der Waals surface area (Å²) in [5.74, 6) is 0.905. The van der Waals surface area contributed by atoms with Gasteiger partial charge in [0.25, 0.3) is 0 Å². The van der Waals surface area contributed by atoms with Crippen LogP contribution in [0.5, 0.6) is 0 Å². The standard InChI is InChI=1S/C16H21N3/c17-16-14-10-4-5-11-15(14)18-19(16)12-6-9-13-7-2-1-3-8-13/h1-3,7-8H,4-6,9-12,17H2. The molecule has 0 spiro atoms. The molecule has 100 valence electrons. The Kier molecular flexibility index (Phi) is 3.53. The molecule has 3 rings (SSSR count). The molecule has 1 heterocycles. The molecule has 0 fully saturated rings. The van der Waals surface area contributed by atoms with Crippen molar-refractivity contribution in [3.05, 3.63) is 47.2 Å². The molecule has 0 unspecified atom stereocenters. The van der Waals surface area contributed by atoms with Crippen LogP contribution >= 0.6 is 0 Å². The number of nitrogens with zero attached hydrogens (tertiary/aromatic N) is 2. The normalized spacial score (nSPS) is 14.3. The molecule has 19 heavy (non-hydrogen) atoms. The van der Waals surface area contributed by atoms with Gasteiger partial charge in [-0.15, -0.1) is 0 Å². The fourth-order valence-corrected chi connectivity index (χ4v) is 2.88. The summed E-state index contributed by atoms with van der Waals surface area (Å²) in [6.07, 6.45) is 6.91. The fraction of sp³-hybridized carbons (Fsp3) is 0.438. The summed E-state index contributed by atoms with van der Waals surface area (Å²) in [6.45, 7) is 0.924. The maximum absolute atomic E-state index is 6.20. The SMILES string of the molecule is Nc1c2c(nn1CCCc1ccccc1)CCCC2. The van der Waals surface area contributed by atoms with E-state index in [9.17, 15) is 0 Å². The Hall–Kier alpha value is -1.77. The van der Waals surface area contributed by atoms with Gasteiger partial charge in [-0.2, -0.15) is 5.10 Å². The van der Waals surface area contributed by atoms with Crippen molar-refractivity contribution in [2.75, 3.05) is 5.73 Å². The van der Waals surface area contributed by atoms with E-state index in [2.05, 4.69) is 35.4 Å². The molecule has 1 aliphatic carbocycles. The van der Waals surface area contributed by atoms with E-state index in [1.165, 1.54) is 29.7 Å². The zero-order chi connectivity index (χ0) is 13.1. The van der Waals surface area contributed by atoms with Crippen LogP contribution in [0.25, 0.3) is 0 Å². The molecular formula is C16H21N3. The number of aromatic nitrogens is 2. The van der Waals surface area contributed by atoms with Crippen molar-refractivity contribution in [2.24, 2.45) is 0 Å². The molecule has 0 amide bonds. The molecular weight excluding hydrogens is 234 g/mol. The van der Waals surface area contributed by atoms with Crippen LogP contribution in [0.15, 0.2) is 30.3 Å². The number of nitrogens with two attached hydrogens (primary N) is 1.